The molecule has 0 aromatic heterocycles. The second-order valence-corrected chi connectivity index (χ2v) is 6.13. The largest absolute Gasteiger partial charge is 0.401 e. The van der Waals surface area contributed by atoms with Gasteiger partial charge in [-0.2, -0.15) is 13.2 Å². The van der Waals surface area contributed by atoms with Crippen molar-refractivity contribution >= 4 is 35.6 Å². The fourth-order valence-electron chi connectivity index (χ4n) is 2.82. The number of guanidine groups is 1. The summed E-state index contributed by atoms with van der Waals surface area (Å²) in [6, 6.07) is 9.96. The maximum Gasteiger partial charge on any atom is 0.401 e. The molecule has 1 aromatic rings. The van der Waals surface area contributed by atoms with Crippen LogP contribution in [0.15, 0.2) is 35.3 Å². The molecule has 0 aliphatic carbocycles. The number of nitrogens with zero attached hydrogens (tertiary/aromatic N) is 2. The molecule has 1 atom stereocenters. The maximum absolute atomic E-state index is 12.4. The summed E-state index contributed by atoms with van der Waals surface area (Å²) in [5.74, 6) is 0.638. The smallest absolute Gasteiger partial charge is 0.385 e. The Morgan fingerprint density at radius 1 is 1.23 bits per heavy atom. The predicted molar refractivity (Wildman–Crippen MR) is 110 cm³/mol. The lowest BCUT2D eigenvalue weighted by molar-refractivity contribution is -0.143. The van der Waals surface area contributed by atoms with Gasteiger partial charge in [0.2, 0.25) is 0 Å². The molecule has 148 valence electrons. The van der Waals surface area contributed by atoms with Crippen LogP contribution in [0, 0.1) is 0 Å². The maximum atomic E-state index is 12.4. The number of anilines is 1. The molecule has 3 N–H and O–H groups in total. The van der Waals surface area contributed by atoms with E-state index in [9.17, 15) is 13.2 Å². The SMILES string of the molecule is CN=C(NCCCNc1ccccc1)NC1CCN(CC(F)(F)F)C1.I. The first-order valence-electron chi connectivity index (χ1n) is 8.51. The Bertz CT molecular complexity index is 539. The summed E-state index contributed by atoms with van der Waals surface area (Å²) in [5, 5.41) is 9.73. The van der Waals surface area contributed by atoms with Crippen molar-refractivity contribution in [1.29, 1.82) is 0 Å². The van der Waals surface area contributed by atoms with E-state index in [0.29, 0.717) is 25.5 Å². The number of para-hydroxylation sites is 1. The summed E-state index contributed by atoms with van der Waals surface area (Å²) < 4.78 is 37.3. The Balaban J connectivity index is 0.00000338. The van der Waals surface area contributed by atoms with Gasteiger partial charge in [0.05, 0.1) is 6.54 Å². The molecule has 0 radical (unpaired) electrons. The normalized spacial score (nSPS) is 18.3. The Kier molecular flexibility index (Phi) is 10.1. The number of likely N-dealkylation sites (tertiary alicyclic amines) is 1. The van der Waals surface area contributed by atoms with Crippen LogP contribution >= 0.6 is 24.0 Å². The quantitative estimate of drug-likeness (QED) is 0.241. The van der Waals surface area contributed by atoms with Gasteiger partial charge in [-0.25, -0.2) is 0 Å². The van der Waals surface area contributed by atoms with Crippen molar-refractivity contribution < 1.29 is 13.2 Å². The van der Waals surface area contributed by atoms with Gasteiger partial charge in [0.25, 0.3) is 0 Å². The fraction of sp³-hybridized carbons (Fsp3) is 0.588. The minimum atomic E-state index is -4.14. The van der Waals surface area contributed by atoms with Gasteiger partial charge in [0, 0.05) is 45.0 Å². The molecule has 1 saturated heterocycles. The predicted octanol–water partition coefficient (Wildman–Crippen LogP) is 2.91. The second-order valence-electron chi connectivity index (χ2n) is 6.13. The number of nitrogens with one attached hydrogen (secondary N) is 3. The number of hydrogen-bond acceptors (Lipinski definition) is 3. The van der Waals surface area contributed by atoms with Gasteiger partial charge >= 0.3 is 6.18 Å². The van der Waals surface area contributed by atoms with Crippen molar-refractivity contribution in [3.63, 3.8) is 0 Å². The van der Waals surface area contributed by atoms with E-state index in [4.69, 9.17) is 0 Å². The molecule has 9 heteroatoms. The summed E-state index contributed by atoms with van der Waals surface area (Å²) in [5.41, 5.74) is 1.08. The Morgan fingerprint density at radius 3 is 2.62 bits per heavy atom. The molecule has 1 aromatic carbocycles. The zero-order valence-electron chi connectivity index (χ0n) is 14.9. The summed E-state index contributed by atoms with van der Waals surface area (Å²) in [7, 11) is 1.67. The lowest BCUT2D eigenvalue weighted by Crippen LogP contribution is -2.45. The summed E-state index contributed by atoms with van der Waals surface area (Å²) >= 11 is 0. The van der Waals surface area contributed by atoms with Crippen molar-refractivity contribution in [3.8, 4) is 0 Å². The van der Waals surface area contributed by atoms with Crippen LogP contribution in [0.2, 0.25) is 0 Å². The van der Waals surface area contributed by atoms with Crippen LogP contribution in [0.5, 0.6) is 0 Å². The van der Waals surface area contributed by atoms with Crippen LogP contribution in [-0.4, -0.2) is 62.8 Å². The third-order valence-corrected chi connectivity index (χ3v) is 3.99. The molecule has 0 amide bonds. The Hall–Kier alpha value is -1.23. The fourth-order valence-corrected chi connectivity index (χ4v) is 2.82. The molecule has 1 aliphatic heterocycles. The van der Waals surface area contributed by atoms with Crippen LogP contribution < -0.4 is 16.0 Å². The highest BCUT2D eigenvalue weighted by Crippen LogP contribution is 2.19. The number of rotatable bonds is 7. The molecule has 26 heavy (non-hydrogen) atoms. The Morgan fingerprint density at radius 2 is 1.96 bits per heavy atom. The van der Waals surface area contributed by atoms with Crippen LogP contribution in [0.4, 0.5) is 18.9 Å². The van der Waals surface area contributed by atoms with Gasteiger partial charge in [-0.3, -0.25) is 9.89 Å². The minimum absolute atomic E-state index is 0. The van der Waals surface area contributed by atoms with Crippen LogP contribution in [0.25, 0.3) is 0 Å². The zero-order chi connectivity index (χ0) is 18.1. The van der Waals surface area contributed by atoms with E-state index >= 15 is 0 Å². The van der Waals surface area contributed by atoms with E-state index in [1.807, 2.05) is 30.3 Å². The number of aliphatic imine (C=N–C) groups is 1. The molecule has 0 spiro atoms. The summed E-state index contributed by atoms with van der Waals surface area (Å²) in [6.45, 7) is 1.56. The summed E-state index contributed by atoms with van der Waals surface area (Å²) in [6.07, 6.45) is -2.55. The average molecular weight is 485 g/mol. The van der Waals surface area contributed by atoms with Gasteiger partial charge in [-0.15, -0.1) is 24.0 Å². The van der Waals surface area contributed by atoms with Gasteiger partial charge < -0.3 is 16.0 Å². The first kappa shape index (κ1) is 22.8. The monoisotopic (exact) mass is 485 g/mol. The molecule has 1 aliphatic rings. The molecule has 5 nitrogen and oxygen atoms in total. The molecule has 2 rings (SSSR count). The third kappa shape index (κ3) is 8.93. The van der Waals surface area contributed by atoms with Crippen molar-refractivity contribution in [3.05, 3.63) is 30.3 Å². The van der Waals surface area contributed by atoms with E-state index in [1.165, 1.54) is 4.90 Å². The first-order valence-corrected chi connectivity index (χ1v) is 8.51. The standard InChI is InChI=1S/C17H26F3N5.HI/c1-21-16(23-10-5-9-22-14-6-3-2-4-7-14)24-15-8-11-25(12-15)13-17(18,19)20;/h2-4,6-7,15,22H,5,8-13H2,1H3,(H2,21,23,24);1H. The lowest BCUT2D eigenvalue weighted by atomic mass is 10.3. The van der Waals surface area contributed by atoms with E-state index in [-0.39, 0.29) is 30.0 Å². The molecule has 0 saturated carbocycles. The zero-order valence-corrected chi connectivity index (χ0v) is 17.2. The summed E-state index contributed by atoms with van der Waals surface area (Å²) in [4.78, 5) is 5.57. The van der Waals surface area contributed by atoms with Gasteiger partial charge in [-0.05, 0) is 25.0 Å². The van der Waals surface area contributed by atoms with E-state index in [1.54, 1.807) is 7.05 Å². The molecule has 1 heterocycles. The average Bonchev–Trinajstić information content (AvgIpc) is 2.99. The topological polar surface area (TPSA) is 51.7 Å². The van der Waals surface area contributed by atoms with Gasteiger partial charge in [-0.1, -0.05) is 18.2 Å². The van der Waals surface area contributed by atoms with Crippen LogP contribution in [0.3, 0.4) is 0 Å². The third-order valence-electron chi connectivity index (χ3n) is 3.99. The highest BCUT2D eigenvalue weighted by molar-refractivity contribution is 14.0. The van der Waals surface area contributed by atoms with Crippen LogP contribution in [0.1, 0.15) is 12.8 Å². The van der Waals surface area contributed by atoms with E-state index < -0.39 is 12.7 Å². The minimum Gasteiger partial charge on any atom is -0.385 e. The number of benzene rings is 1. The molecule has 0 bridgehead atoms. The van der Waals surface area contributed by atoms with Crippen molar-refractivity contribution in [2.24, 2.45) is 4.99 Å². The highest BCUT2D eigenvalue weighted by Gasteiger charge is 2.34. The number of alkyl halides is 3. The molecule has 1 unspecified atom stereocenters. The molecular weight excluding hydrogens is 458 g/mol. The van der Waals surface area contributed by atoms with Crippen molar-refractivity contribution in [2.75, 3.05) is 45.1 Å². The molecule has 1 fully saturated rings. The van der Waals surface area contributed by atoms with E-state index in [2.05, 4.69) is 20.9 Å². The molecular formula is C17H27F3IN5. The van der Waals surface area contributed by atoms with Crippen molar-refractivity contribution in [2.45, 2.75) is 25.1 Å². The van der Waals surface area contributed by atoms with E-state index in [0.717, 1.165) is 25.2 Å². The van der Waals surface area contributed by atoms with Gasteiger partial charge in [0.1, 0.15) is 0 Å². The van der Waals surface area contributed by atoms with Crippen LogP contribution in [-0.2, 0) is 0 Å². The lowest BCUT2D eigenvalue weighted by Gasteiger charge is -2.19. The highest BCUT2D eigenvalue weighted by atomic mass is 127. The second kappa shape index (κ2) is 11.5. The first-order chi connectivity index (χ1) is 12.0. The number of halogens is 4. The van der Waals surface area contributed by atoms with Crippen molar-refractivity contribution in [1.82, 2.24) is 15.5 Å². The number of hydrogen-bond donors (Lipinski definition) is 3. The Labute approximate surface area is 169 Å². The van der Waals surface area contributed by atoms with Gasteiger partial charge in [0.15, 0.2) is 5.96 Å².